The summed E-state index contributed by atoms with van der Waals surface area (Å²) in [5.74, 6) is -1.73. The van der Waals surface area contributed by atoms with Crippen LogP contribution in [0.4, 0.5) is 0 Å². The first-order valence-electron chi connectivity index (χ1n) is 10.2. The molecule has 4 amide bonds. The van der Waals surface area contributed by atoms with E-state index in [-0.39, 0.29) is 72.0 Å². The highest BCUT2D eigenvalue weighted by Crippen LogP contribution is 2.60. The lowest BCUT2D eigenvalue weighted by Crippen LogP contribution is -2.32. The molecule has 2 aliphatic rings. The van der Waals surface area contributed by atoms with Crippen molar-refractivity contribution in [1.82, 2.24) is 21.3 Å². The molecule has 0 aromatic carbocycles. The number of carbonyl (C=O) groups is 4. The molecule has 0 radical (unpaired) electrons. The van der Waals surface area contributed by atoms with E-state index >= 15 is 0 Å². The Labute approximate surface area is 214 Å². The van der Waals surface area contributed by atoms with E-state index in [1.165, 1.54) is 0 Å². The van der Waals surface area contributed by atoms with Crippen LogP contribution < -0.4 is 44.2 Å². The lowest BCUT2D eigenvalue weighted by atomic mass is 10.4. The molecule has 2 heterocycles. The molecule has 0 saturated heterocycles. The maximum atomic E-state index is 12.7. The van der Waals surface area contributed by atoms with E-state index in [0.29, 0.717) is 8.47 Å². The number of amides is 4. The molecule has 2 aliphatic heterocycles. The van der Waals surface area contributed by atoms with Crippen LogP contribution in [0.1, 0.15) is 0 Å². The molecular formula is C18H28N8O4S4. The first kappa shape index (κ1) is 28.6. The Kier molecular flexibility index (Phi) is 12.3. The number of carbonyl (C=O) groups excluding carboxylic acids is 4. The van der Waals surface area contributed by atoms with Gasteiger partial charge in [0.15, 0.2) is 0 Å². The molecule has 0 aliphatic carbocycles. The number of nitrogens with two attached hydrogens (primary N) is 4. The lowest BCUT2D eigenvalue weighted by molar-refractivity contribution is -0.119. The topological polar surface area (TPSA) is 220 Å². The van der Waals surface area contributed by atoms with E-state index in [2.05, 4.69) is 21.3 Å². The average molecular weight is 549 g/mol. The molecule has 34 heavy (non-hydrogen) atoms. The minimum atomic E-state index is -0.431. The second-order valence-electron chi connectivity index (χ2n) is 6.48. The van der Waals surface area contributed by atoms with Gasteiger partial charge in [0.2, 0.25) is 0 Å². The number of hydrogen-bond acceptors (Lipinski definition) is 12. The van der Waals surface area contributed by atoms with E-state index in [9.17, 15) is 19.2 Å². The van der Waals surface area contributed by atoms with Crippen molar-refractivity contribution < 1.29 is 19.2 Å². The van der Waals surface area contributed by atoms with Gasteiger partial charge in [0, 0.05) is 52.4 Å². The quantitative estimate of drug-likeness (QED) is 0.130. The molecule has 0 atom stereocenters. The van der Waals surface area contributed by atoms with Crippen molar-refractivity contribution in [2.75, 3.05) is 52.4 Å². The Hall–Kier alpha value is -1.66. The van der Waals surface area contributed by atoms with E-state index in [1.54, 1.807) is 0 Å². The fourth-order valence-corrected chi connectivity index (χ4v) is 7.74. The third-order valence-corrected chi connectivity index (χ3v) is 9.61. The van der Waals surface area contributed by atoms with E-state index in [4.69, 9.17) is 22.9 Å². The molecule has 0 bridgehead atoms. The molecule has 188 valence electrons. The van der Waals surface area contributed by atoms with Gasteiger partial charge in [0.05, 0.1) is 28.1 Å². The molecule has 16 heteroatoms. The van der Waals surface area contributed by atoms with E-state index in [0.717, 1.165) is 47.0 Å². The predicted molar refractivity (Wildman–Crippen MR) is 140 cm³/mol. The summed E-state index contributed by atoms with van der Waals surface area (Å²) in [6, 6.07) is 0. The van der Waals surface area contributed by atoms with Crippen LogP contribution in [0.2, 0.25) is 0 Å². The number of nitrogens with one attached hydrogen (secondary N) is 4. The molecular weight excluding hydrogens is 521 g/mol. The highest BCUT2D eigenvalue weighted by Gasteiger charge is 2.37. The highest BCUT2D eigenvalue weighted by molar-refractivity contribution is 8.35. The number of hydrogen-bond donors (Lipinski definition) is 8. The van der Waals surface area contributed by atoms with Crippen LogP contribution in [0.25, 0.3) is 0 Å². The third kappa shape index (κ3) is 7.67. The van der Waals surface area contributed by atoms with E-state index in [1.807, 2.05) is 0 Å². The lowest BCUT2D eigenvalue weighted by Gasteiger charge is -2.06. The van der Waals surface area contributed by atoms with Gasteiger partial charge in [-0.25, -0.2) is 0 Å². The molecule has 0 aromatic heterocycles. The van der Waals surface area contributed by atoms with E-state index < -0.39 is 23.6 Å². The van der Waals surface area contributed by atoms with Crippen LogP contribution in [-0.2, 0) is 19.2 Å². The maximum Gasteiger partial charge on any atom is 0.259 e. The molecule has 0 saturated carbocycles. The van der Waals surface area contributed by atoms with Crippen molar-refractivity contribution in [2.24, 2.45) is 22.9 Å². The fraction of sp³-hybridized carbons (Fsp3) is 0.444. The van der Waals surface area contributed by atoms with Gasteiger partial charge in [0.1, 0.15) is 0 Å². The zero-order chi connectivity index (χ0) is 25.1. The van der Waals surface area contributed by atoms with Crippen LogP contribution in [-0.4, -0.2) is 76.0 Å². The van der Waals surface area contributed by atoms with Crippen molar-refractivity contribution in [1.29, 1.82) is 0 Å². The van der Waals surface area contributed by atoms with Crippen LogP contribution in [0.15, 0.2) is 28.1 Å². The molecule has 0 spiro atoms. The second-order valence-corrected chi connectivity index (χ2v) is 11.1. The average Bonchev–Trinajstić information content (AvgIpc) is 3.48. The summed E-state index contributed by atoms with van der Waals surface area (Å²) < 4.78 is 1.22. The van der Waals surface area contributed by atoms with Crippen molar-refractivity contribution in [3.05, 3.63) is 28.1 Å². The summed E-state index contributed by atoms with van der Waals surface area (Å²) in [6.07, 6.45) is 0. The maximum absolute atomic E-state index is 12.7. The zero-order valence-corrected chi connectivity index (χ0v) is 21.5. The molecule has 12 nitrogen and oxygen atoms in total. The Balaban J connectivity index is 2.32. The summed E-state index contributed by atoms with van der Waals surface area (Å²) in [6.45, 7) is 1.99. The van der Waals surface area contributed by atoms with Crippen molar-refractivity contribution in [3.8, 4) is 0 Å². The Morgan fingerprint density at radius 2 is 0.676 bits per heavy atom. The minimum Gasteiger partial charge on any atom is -0.350 e. The second kappa shape index (κ2) is 14.7. The molecule has 0 unspecified atom stereocenters. The summed E-state index contributed by atoms with van der Waals surface area (Å²) in [4.78, 5) is 51.6. The Bertz CT molecular complexity index is 782. The zero-order valence-electron chi connectivity index (χ0n) is 18.2. The molecule has 0 fully saturated rings. The van der Waals surface area contributed by atoms with Crippen molar-refractivity contribution in [3.63, 3.8) is 0 Å². The van der Waals surface area contributed by atoms with Crippen LogP contribution in [0.3, 0.4) is 0 Å². The van der Waals surface area contributed by atoms with Gasteiger partial charge in [-0.2, -0.15) is 0 Å². The summed E-state index contributed by atoms with van der Waals surface area (Å²) >= 11 is 4.42. The van der Waals surface area contributed by atoms with Crippen LogP contribution in [0.5, 0.6) is 0 Å². The van der Waals surface area contributed by atoms with Gasteiger partial charge in [-0.3, -0.25) is 19.2 Å². The first-order valence-corrected chi connectivity index (χ1v) is 13.5. The Morgan fingerprint density at radius 1 is 0.471 bits per heavy atom. The van der Waals surface area contributed by atoms with Gasteiger partial charge in [-0.1, -0.05) is 47.0 Å². The van der Waals surface area contributed by atoms with Gasteiger partial charge >= 0.3 is 0 Å². The predicted octanol–water partition coefficient (Wildman–Crippen LogP) is -2.20. The van der Waals surface area contributed by atoms with Crippen molar-refractivity contribution >= 4 is 70.7 Å². The number of rotatable bonds is 12. The summed E-state index contributed by atoms with van der Waals surface area (Å²) in [5, 5.41) is 10.7. The molecule has 2 rings (SSSR count). The van der Waals surface area contributed by atoms with Crippen LogP contribution >= 0.6 is 47.0 Å². The van der Waals surface area contributed by atoms with Gasteiger partial charge in [0.25, 0.3) is 23.6 Å². The molecule has 12 N–H and O–H groups in total. The fourth-order valence-electron chi connectivity index (χ4n) is 2.43. The third-order valence-electron chi connectivity index (χ3n) is 3.90. The first-order chi connectivity index (χ1) is 16.4. The van der Waals surface area contributed by atoms with Crippen LogP contribution in [0, 0.1) is 0 Å². The standard InChI is InChI=1S/C18H28N8O4S4/c19-1-5-23-13(27)9-10(14(28)24-6-2-20)32-17(31-9)18-33-11(15(29)25-7-3-21)12(34-18)16(30)26-8-4-22/h1-8,19-22H2,(H,23,27)(H,24,28)(H,25,29)(H,26,30). The summed E-state index contributed by atoms with van der Waals surface area (Å²) in [7, 11) is 0. The molecule has 0 aromatic rings. The smallest absolute Gasteiger partial charge is 0.259 e. The monoisotopic (exact) mass is 548 g/mol. The van der Waals surface area contributed by atoms with Crippen molar-refractivity contribution in [2.45, 2.75) is 0 Å². The SMILES string of the molecule is NCCNC(=O)C1=C(C(=O)NCCN)SC(=C2SC(C(=O)NCCN)=C(C(=O)NCCN)S2)S1. The Morgan fingerprint density at radius 3 is 0.853 bits per heavy atom. The minimum absolute atomic E-state index is 0.215. The summed E-state index contributed by atoms with van der Waals surface area (Å²) in [5.41, 5.74) is 21.9. The van der Waals surface area contributed by atoms with Gasteiger partial charge < -0.3 is 44.2 Å². The highest BCUT2D eigenvalue weighted by atomic mass is 32.2. The largest absolute Gasteiger partial charge is 0.350 e. The number of thioether (sulfide) groups is 4. The van der Waals surface area contributed by atoms with Gasteiger partial charge in [-0.15, -0.1) is 0 Å². The van der Waals surface area contributed by atoms with Gasteiger partial charge in [-0.05, 0) is 0 Å². The normalized spacial score (nSPS) is 15.6.